The van der Waals surface area contributed by atoms with Gasteiger partial charge in [0.05, 0.1) is 5.56 Å². The second-order valence-electron chi connectivity index (χ2n) is 5.05. The fourth-order valence-electron chi connectivity index (χ4n) is 2.64. The Balaban J connectivity index is 1.66. The molecule has 1 aromatic carbocycles. The van der Waals surface area contributed by atoms with Crippen LogP contribution in [0.2, 0.25) is 0 Å². The van der Waals surface area contributed by atoms with Crippen LogP contribution in [0.3, 0.4) is 0 Å². The molecule has 3 heterocycles. The summed E-state index contributed by atoms with van der Waals surface area (Å²) >= 11 is 0. The third kappa shape index (κ3) is 2.29. The van der Waals surface area contributed by atoms with Crippen LogP contribution in [0.25, 0.3) is 11.4 Å². The van der Waals surface area contributed by atoms with Crippen molar-refractivity contribution >= 4 is 5.95 Å². The molecule has 2 aliphatic rings. The number of fused-ring (bicyclic) bond motifs is 1. The van der Waals surface area contributed by atoms with Crippen molar-refractivity contribution < 1.29 is 9.47 Å². The fourth-order valence-corrected chi connectivity index (χ4v) is 2.64. The van der Waals surface area contributed by atoms with Crippen LogP contribution in [0.4, 0.5) is 5.95 Å². The minimum atomic E-state index is 0.558. The fraction of sp³-hybridized carbons (Fsp3) is 0.429. The molecule has 0 spiro atoms. The molecular formula is C14H17N5O2. The number of ether oxygens (including phenoxy) is 2. The summed E-state index contributed by atoms with van der Waals surface area (Å²) in [5, 5.41) is 10.7. The molecule has 0 atom stereocenters. The minimum absolute atomic E-state index is 0.558. The summed E-state index contributed by atoms with van der Waals surface area (Å²) in [7, 11) is 0. The molecule has 1 fully saturated rings. The first-order valence-corrected chi connectivity index (χ1v) is 7.19. The van der Waals surface area contributed by atoms with Crippen molar-refractivity contribution in [1.82, 2.24) is 20.5 Å². The lowest BCUT2D eigenvalue weighted by molar-refractivity contribution is 0.172. The Labute approximate surface area is 122 Å². The first-order valence-electron chi connectivity index (χ1n) is 7.19. The highest BCUT2D eigenvalue weighted by Gasteiger charge is 2.21. The van der Waals surface area contributed by atoms with Crippen molar-refractivity contribution in [1.29, 1.82) is 0 Å². The quantitative estimate of drug-likeness (QED) is 0.845. The zero-order chi connectivity index (χ0) is 14.1. The molecule has 0 unspecified atom stereocenters. The van der Waals surface area contributed by atoms with Crippen molar-refractivity contribution in [2.75, 3.05) is 44.3 Å². The van der Waals surface area contributed by atoms with Crippen molar-refractivity contribution in [3.05, 3.63) is 18.2 Å². The van der Waals surface area contributed by atoms with E-state index in [4.69, 9.17) is 9.47 Å². The van der Waals surface area contributed by atoms with E-state index in [9.17, 15) is 0 Å². The average Bonchev–Trinajstić information content (AvgIpc) is 3.05. The van der Waals surface area contributed by atoms with Crippen LogP contribution in [-0.2, 0) is 0 Å². The first-order chi connectivity index (χ1) is 10.4. The average molecular weight is 287 g/mol. The summed E-state index contributed by atoms with van der Waals surface area (Å²) < 4.78 is 11.3. The lowest BCUT2D eigenvalue weighted by Gasteiger charge is -2.25. The Bertz CT molecular complexity index is 636. The zero-order valence-corrected chi connectivity index (χ0v) is 11.6. The van der Waals surface area contributed by atoms with Gasteiger partial charge in [0, 0.05) is 26.2 Å². The highest BCUT2D eigenvalue weighted by molar-refractivity contribution is 5.69. The van der Waals surface area contributed by atoms with Crippen LogP contribution in [0, 0.1) is 0 Å². The van der Waals surface area contributed by atoms with Gasteiger partial charge in [-0.15, -0.1) is 5.10 Å². The highest BCUT2D eigenvalue weighted by atomic mass is 16.6. The van der Waals surface area contributed by atoms with Gasteiger partial charge in [0.15, 0.2) is 17.3 Å². The molecule has 7 nitrogen and oxygen atoms in total. The molecule has 7 heteroatoms. The van der Waals surface area contributed by atoms with Crippen LogP contribution in [-0.4, -0.2) is 54.6 Å². The van der Waals surface area contributed by atoms with Gasteiger partial charge in [0.2, 0.25) is 5.95 Å². The molecule has 0 bridgehead atoms. The van der Waals surface area contributed by atoms with Crippen LogP contribution in [0.15, 0.2) is 18.2 Å². The van der Waals surface area contributed by atoms with Crippen LogP contribution >= 0.6 is 0 Å². The number of hydrogen-bond donors (Lipinski definition) is 2. The maximum atomic E-state index is 5.73. The number of hydrogen-bond acceptors (Lipinski definition) is 6. The highest BCUT2D eigenvalue weighted by Crippen LogP contribution is 2.38. The molecule has 2 aromatic rings. The predicted octanol–water partition coefficient (Wildman–Crippen LogP) is 0.652. The van der Waals surface area contributed by atoms with Gasteiger partial charge in [-0.2, -0.15) is 4.98 Å². The number of aromatic amines is 1. The molecule has 0 radical (unpaired) electrons. The maximum absolute atomic E-state index is 5.73. The summed E-state index contributed by atoms with van der Waals surface area (Å²) in [5.41, 5.74) is 0.890. The van der Waals surface area contributed by atoms with Gasteiger partial charge in [-0.3, -0.25) is 5.10 Å². The number of aromatic nitrogens is 3. The minimum Gasteiger partial charge on any atom is -0.486 e. The maximum Gasteiger partial charge on any atom is 0.245 e. The number of piperazine rings is 1. The molecule has 2 N–H and O–H groups in total. The predicted molar refractivity (Wildman–Crippen MR) is 77.9 cm³/mol. The number of nitrogens with one attached hydrogen (secondary N) is 2. The van der Waals surface area contributed by atoms with E-state index in [0.717, 1.165) is 49.2 Å². The van der Waals surface area contributed by atoms with Crippen LogP contribution in [0.1, 0.15) is 0 Å². The van der Waals surface area contributed by atoms with Crippen molar-refractivity contribution in [2.45, 2.75) is 0 Å². The van der Waals surface area contributed by atoms with Gasteiger partial charge in [-0.1, -0.05) is 6.07 Å². The van der Waals surface area contributed by atoms with E-state index in [-0.39, 0.29) is 0 Å². The third-order valence-electron chi connectivity index (χ3n) is 3.69. The lowest BCUT2D eigenvalue weighted by Crippen LogP contribution is -2.44. The Kier molecular flexibility index (Phi) is 3.11. The van der Waals surface area contributed by atoms with Gasteiger partial charge in [-0.05, 0) is 12.1 Å². The van der Waals surface area contributed by atoms with Gasteiger partial charge in [0.25, 0.3) is 0 Å². The molecule has 0 aliphatic carbocycles. The number of para-hydroxylation sites is 1. The molecule has 0 amide bonds. The molecular weight excluding hydrogens is 270 g/mol. The van der Waals surface area contributed by atoms with E-state index < -0.39 is 0 Å². The second kappa shape index (κ2) is 5.25. The zero-order valence-electron chi connectivity index (χ0n) is 11.6. The van der Waals surface area contributed by atoms with Gasteiger partial charge in [0.1, 0.15) is 13.2 Å². The Morgan fingerprint density at radius 1 is 1.10 bits per heavy atom. The topological polar surface area (TPSA) is 75.3 Å². The largest absolute Gasteiger partial charge is 0.486 e. The molecule has 4 rings (SSSR count). The van der Waals surface area contributed by atoms with E-state index in [2.05, 4.69) is 25.4 Å². The smallest absolute Gasteiger partial charge is 0.245 e. The monoisotopic (exact) mass is 287 g/mol. The lowest BCUT2D eigenvalue weighted by atomic mass is 10.1. The summed E-state index contributed by atoms with van der Waals surface area (Å²) in [6, 6.07) is 5.82. The van der Waals surface area contributed by atoms with E-state index in [0.29, 0.717) is 19.0 Å². The second-order valence-corrected chi connectivity index (χ2v) is 5.05. The SMILES string of the molecule is c1cc2c(c(-c3nc(N4CCNCC4)n[nH]3)c1)OCCO2. The normalized spacial score (nSPS) is 17.8. The first kappa shape index (κ1) is 12.5. The molecule has 21 heavy (non-hydrogen) atoms. The standard InChI is InChI=1S/C14H17N5O2/c1-2-10(12-11(3-1)20-8-9-21-12)13-16-14(18-17-13)19-6-4-15-5-7-19/h1-3,15H,4-9H2,(H,16,17,18). The number of H-pyrrole nitrogens is 1. The Hall–Kier alpha value is -2.28. The number of rotatable bonds is 2. The van der Waals surface area contributed by atoms with Gasteiger partial charge in [-0.25, -0.2) is 0 Å². The third-order valence-corrected chi connectivity index (χ3v) is 3.69. The summed E-state index contributed by atoms with van der Waals surface area (Å²) in [6.07, 6.45) is 0. The van der Waals surface area contributed by atoms with E-state index >= 15 is 0 Å². The van der Waals surface area contributed by atoms with Gasteiger partial charge < -0.3 is 19.7 Å². The van der Waals surface area contributed by atoms with E-state index in [1.54, 1.807) is 0 Å². The van der Waals surface area contributed by atoms with Crippen LogP contribution in [0.5, 0.6) is 11.5 Å². The van der Waals surface area contributed by atoms with Crippen molar-refractivity contribution in [2.24, 2.45) is 0 Å². The van der Waals surface area contributed by atoms with E-state index in [1.165, 1.54) is 0 Å². The van der Waals surface area contributed by atoms with E-state index in [1.807, 2.05) is 18.2 Å². The van der Waals surface area contributed by atoms with Crippen molar-refractivity contribution in [3.63, 3.8) is 0 Å². The summed E-state index contributed by atoms with van der Waals surface area (Å²) in [4.78, 5) is 6.78. The number of benzene rings is 1. The number of anilines is 1. The molecule has 1 saturated heterocycles. The summed E-state index contributed by atoms with van der Waals surface area (Å²) in [5.74, 6) is 2.96. The molecule has 2 aliphatic heterocycles. The molecule has 1 aromatic heterocycles. The van der Waals surface area contributed by atoms with Crippen molar-refractivity contribution in [3.8, 4) is 22.9 Å². The molecule has 110 valence electrons. The summed E-state index contributed by atoms with van der Waals surface area (Å²) in [6.45, 7) is 4.90. The molecule has 0 saturated carbocycles. The van der Waals surface area contributed by atoms with Crippen LogP contribution < -0.4 is 19.7 Å². The Morgan fingerprint density at radius 3 is 2.86 bits per heavy atom. The Morgan fingerprint density at radius 2 is 1.95 bits per heavy atom. The van der Waals surface area contributed by atoms with Gasteiger partial charge >= 0.3 is 0 Å². The number of nitrogens with zero attached hydrogens (tertiary/aromatic N) is 3.